The van der Waals surface area contributed by atoms with Crippen LogP contribution in [0.1, 0.15) is 37.3 Å². The number of hydrogen-bond acceptors (Lipinski definition) is 3. The van der Waals surface area contributed by atoms with Crippen LogP contribution in [-0.4, -0.2) is 31.1 Å². The number of esters is 1. The molecule has 1 aliphatic rings. The maximum Gasteiger partial charge on any atom is 0.308 e. The molecule has 2 atom stereocenters. The van der Waals surface area contributed by atoms with Crippen molar-refractivity contribution in [2.75, 3.05) is 20.2 Å². The summed E-state index contributed by atoms with van der Waals surface area (Å²) in [5.74, 6) is 0.545. The molecule has 116 valence electrons. The van der Waals surface area contributed by atoms with E-state index < -0.39 is 0 Å². The molecule has 0 bridgehead atoms. The van der Waals surface area contributed by atoms with Gasteiger partial charge in [-0.15, -0.1) is 0 Å². The molecule has 2 unspecified atom stereocenters. The SMILES string of the molecule is COC(=O)C(C)CC1CCCN(Cc2ccc(C)cc2)C1. The highest BCUT2D eigenvalue weighted by molar-refractivity contribution is 5.71. The fourth-order valence-electron chi connectivity index (χ4n) is 3.24. The van der Waals surface area contributed by atoms with Crippen molar-refractivity contribution in [2.45, 2.75) is 39.7 Å². The second kappa shape index (κ2) is 7.60. The van der Waals surface area contributed by atoms with Gasteiger partial charge in [0.1, 0.15) is 0 Å². The molecule has 0 N–H and O–H groups in total. The number of likely N-dealkylation sites (tertiary alicyclic amines) is 1. The molecule has 0 aliphatic carbocycles. The Hall–Kier alpha value is -1.35. The van der Waals surface area contributed by atoms with Crippen molar-refractivity contribution in [2.24, 2.45) is 11.8 Å². The Bertz CT molecular complexity index is 455. The molecule has 0 amide bonds. The van der Waals surface area contributed by atoms with E-state index in [2.05, 4.69) is 36.1 Å². The van der Waals surface area contributed by atoms with E-state index in [0.29, 0.717) is 5.92 Å². The van der Waals surface area contributed by atoms with Crippen LogP contribution < -0.4 is 0 Å². The fraction of sp³-hybridized carbons (Fsp3) is 0.611. The minimum atomic E-state index is -0.0781. The van der Waals surface area contributed by atoms with E-state index in [1.165, 1.54) is 31.1 Å². The summed E-state index contributed by atoms with van der Waals surface area (Å²) in [6.45, 7) is 7.37. The topological polar surface area (TPSA) is 29.5 Å². The lowest BCUT2D eigenvalue weighted by Crippen LogP contribution is -2.36. The molecule has 1 aliphatic heterocycles. The second-order valence-corrected chi connectivity index (χ2v) is 6.39. The van der Waals surface area contributed by atoms with Crippen LogP contribution in [0.3, 0.4) is 0 Å². The van der Waals surface area contributed by atoms with Crippen molar-refractivity contribution in [1.29, 1.82) is 0 Å². The minimum absolute atomic E-state index is 0.0133. The number of piperidine rings is 1. The molecule has 0 saturated carbocycles. The number of hydrogen-bond donors (Lipinski definition) is 0. The van der Waals surface area contributed by atoms with Gasteiger partial charge in [-0.05, 0) is 44.2 Å². The lowest BCUT2D eigenvalue weighted by Gasteiger charge is -2.33. The number of nitrogens with zero attached hydrogens (tertiary/aromatic N) is 1. The third-order valence-corrected chi connectivity index (χ3v) is 4.42. The summed E-state index contributed by atoms with van der Waals surface area (Å²) >= 11 is 0. The predicted octanol–water partition coefficient (Wildman–Crippen LogP) is 3.41. The van der Waals surface area contributed by atoms with Gasteiger partial charge >= 0.3 is 5.97 Å². The molecular formula is C18H27NO2. The highest BCUT2D eigenvalue weighted by Crippen LogP contribution is 2.25. The molecule has 1 aromatic carbocycles. The van der Waals surface area contributed by atoms with Crippen molar-refractivity contribution < 1.29 is 9.53 Å². The van der Waals surface area contributed by atoms with Crippen molar-refractivity contribution >= 4 is 5.97 Å². The quantitative estimate of drug-likeness (QED) is 0.778. The van der Waals surface area contributed by atoms with Gasteiger partial charge < -0.3 is 4.74 Å². The van der Waals surface area contributed by atoms with Crippen LogP contribution in [0.15, 0.2) is 24.3 Å². The van der Waals surface area contributed by atoms with Gasteiger partial charge in [-0.3, -0.25) is 9.69 Å². The van der Waals surface area contributed by atoms with Crippen molar-refractivity contribution in [3.8, 4) is 0 Å². The molecule has 1 fully saturated rings. The van der Waals surface area contributed by atoms with E-state index in [1.807, 2.05) is 6.92 Å². The van der Waals surface area contributed by atoms with Gasteiger partial charge in [-0.2, -0.15) is 0 Å². The van der Waals surface area contributed by atoms with Crippen LogP contribution in [0, 0.1) is 18.8 Å². The Balaban J connectivity index is 1.85. The lowest BCUT2D eigenvalue weighted by molar-refractivity contribution is -0.145. The summed E-state index contributed by atoms with van der Waals surface area (Å²) in [6, 6.07) is 8.79. The molecule has 3 nitrogen and oxygen atoms in total. The number of methoxy groups -OCH3 is 1. The largest absolute Gasteiger partial charge is 0.469 e. The van der Waals surface area contributed by atoms with Gasteiger partial charge in [0.15, 0.2) is 0 Å². The molecule has 1 saturated heterocycles. The van der Waals surface area contributed by atoms with E-state index in [1.54, 1.807) is 0 Å². The van der Waals surface area contributed by atoms with Crippen LogP contribution in [0.4, 0.5) is 0 Å². The molecule has 2 rings (SSSR count). The average Bonchev–Trinajstić information content (AvgIpc) is 2.49. The molecular weight excluding hydrogens is 262 g/mol. The highest BCUT2D eigenvalue weighted by Gasteiger charge is 2.24. The first-order valence-corrected chi connectivity index (χ1v) is 7.94. The number of benzene rings is 1. The van der Waals surface area contributed by atoms with Crippen LogP contribution >= 0.6 is 0 Å². The van der Waals surface area contributed by atoms with Crippen LogP contribution in [0.2, 0.25) is 0 Å². The number of rotatable bonds is 5. The van der Waals surface area contributed by atoms with Crippen LogP contribution in [-0.2, 0) is 16.1 Å². The zero-order chi connectivity index (χ0) is 15.2. The maximum absolute atomic E-state index is 11.6. The third kappa shape index (κ3) is 4.85. The average molecular weight is 289 g/mol. The number of carbonyl (C=O) groups excluding carboxylic acids is 1. The van der Waals surface area contributed by atoms with Gasteiger partial charge in [-0.1, -0.05) is 36.8 Å². The first-order valence-electron chi connectivity index (χ1n) is 7.94. The maximum atomic E-state index is 11.6. The monoisotopic (exact) mass is 289 g/mol. The molecule has 1 heterocycles. The molecule has 0 spiro atoms. The van der Waals surface area contributed by atoms with Gasteiger partial charge in [0, 0.05) is 13.1 Å². The summed E-state index contributed by atoms with van der Waals surface area (Å²) in [7, 11) is 1.48. The van der Waals surface area contributed by atoms with Crippen molar-refractivity contribution in [3.63, 3.8) is 0 Å². The summed E-state index contributed by atoms with van der Waals surface area (Å²) in [5.41, 5.74) is 2.68. The first kappa shape index (κ1) is 16.0. The Morgan fingerprint density at radius 1 is 1.38 bits per heavy atom. The van der Waals surface area contributed by atoms with Gasteiger partial charge in [0.2, 0.25) is 0 Å². The Labute approximate surface area is 128 Å². The third-order valence-electron chi connectivity index (χ3n) is 4.42. The molecule has 3 heteroatoms. The van der Waals surface area contributed by atoms with E-state index in [9.17, 15) is 4.79 Å². The zero-order valence-electron chi connectivity index (χ0n) is 13.5. The Kier molecular flexibility index (Phi) is 5.80. The number of ether oxygens (including phenoxy) is 1. The van der Waals surface area contributed by atoms with Crippen LogP contribution in [0.5, 0.6) is 0 Å². The highest BCUT2D eigenvalue weighted by atomic mass is 16.5. The van der Waals surface area contributed by atoms with E-state index in [4.69, 9.17) is 4.74 Å². The summed E-state index contributed by atoms with van der Waals surface area (Å²) in [5, 5.41) is 0. The summed E-state index contributed by atoms with van der Waals surface area (Å²) < 4.78 is 4.83. The van der Waals surface area contributed by atoms with E-state index >= 15 is 0 Å². The lowest BCUT2D eigenvalue weighted by atomic mass is 9.89. The Morgan fingerprint density at radius 3 is 2.76 bits per heavy atom. The summed E-state index contributed by atoms with van der Waals surface area (Å²) in [6.07, 6.45) is 3.40. The van der Waals surface area contributed by atoms with E-state index in [-0.39, 0.29) is 11.9 Å². The van der Waals surface area contributed by atoms with Crippen LogP contribution in [0.25, 0.3) is 0 Å². The van der Waals surface area contributed by atoms with Gasteiger partial charge in [-0.25, -0.2) is 0 Å². The van der Waals surface area contributed by atoms with Crippen molar-refractivity contribution in [1.82, 2.24) is 4.90 Å². The zero-order valence-corrected chi connectivity index (χ0v) is 13.5. The van der Waals surface area contributed by atoms with Gasteiger partial charge in [0.25, 0.3) is 0 Å². The number of carbonyl (C=O) groups is 1. The fourth-order valence-corrected chi connectivity index (χ4v) is 3.24. The second-order valence-electron chi connectivity index (χ2n) is 6.39. The standard InChI is InChI=1S/C18H27NO2/c1-14-6-8-16(9-7-14)12-19-10-4-5-17(13-19)11-15(2)18(20)21-3/h6-9,15,17H,4-5,10-13H2,1-3H3. The van der Waals surface area contributed by atoms with Crippen molar-refractivity contribution in [3.05, 3.63) is 35.4 Å². The molecule has 0 aromatic heterocycles. The Morgan fingerprint density at radius 2 is 2.10 bits per heavy atom. The normalized spacial score (nSPS) is 21.0. The smallest absolute Gasteiger partial charge is 0.308 e. The molecule has 0 radical (unpaired) electrons. The van der Waals surface area contributed by atoms with Gasteiger partial charge in [0.05, 0.1) is 13.0 Å². The minimum Gasteiger partial charge on any atom is -0.469 e. The molecule has 21 heavy (non-hydrogen) atoms. The number of aryl methyl sites for hydroxylation is 1. The van der Waals surface area contributed by atoms with E-state index in [0.717, 1.165) is 26.1 Å². The molecule has 1 aromatic rings. The summed E-state index contributed by atoms with van der Waals surface area (Å²) in [4.78, 5) is 14.1. The predicted molar refractivity (Wildman–Crippen MR) is 85.0 cm³/mol. The first-order chi connectivity index (χ1) is 10.1.